The van der Waals surface area contributed by atoms with Gasteiger partial charge in [0.1, 0.15) is 0 Å². The van der Waals surface area contributed by atoms with Crippen LogP contribution in [0.5, 0.6) is 0 Å². The number of nitrogens with one attached hydrogen (secondary N) is 1. The third kappa shape index (κ3) is 2.45. The molecular formula is C11H13NO2S. The number of amides is 1. The third-order valence-electron chi connectivity index (χ3n) is 2.67. The van der Waals surface area contributed by atoms with Crippen LogP contribution in [0.3, 0.4) is 0 Å². The second-order valence-electron chi connectivity index (χ2n) is 3.94. The van der Waals surface area contributed by atoms with E-state index in [4.69, 9.17) is 0 Å². The number of ketones is 1. The van der Waals surface area contributed by atoms with Gasteiger partial charge in [-0.3, -0.25) is 9.59 Å². The predicted molar refractivity (Wildman–Crippen MR) is 58.9 cm³/mol. The Bertz CT molecular complexity index is 372. The molecule has 80 valence electrons. The molecule has 15 heavy (non-hydrogen) atoms. The molecule has 4 heteroatoms. The van der Waals surface area contributed by atoms with Crippen molar-refractivity contribution in [3.8, 4) is 0 Å². The van der Waals surface area contributed by atoms with Gasteiger partial charge in [0.05, 0.1) is 11.4 Å². The van der Waals surface area contributed by atoms with Crippen LogP contribution in [0.15, 0.2) is 17.5 Å². The van der Waals surface area contributed by atoms with Crippen molar-refractivity contribution >= 4 is 23.0 Å². The molecule has 1 aliphatic carbocycles. The maximum Gasteiger partial charge on any atom is 0.223 e. The molecule has 1 aromatic rings. The van der Waals surface area contributed by atoms with Gasteiger partial charge < -0.3 is 5.32 Å². The van der Waals surface area contributed by atoms with Gasteiger partial charge in [-0.25, -0.2) is 0 Å². The van der Waals surface area contributed by atoms with Crippen molar-refractivity contribution < 1.29 is 9.59 Å². The van der Waals surface area contributed by atoms with Gasteiger partial charge >= 0.3 is 0 Å². The number of carbonyl (C=O) groups is 2. The fraction of sp³-hybridized carbons (Fsp3) is 0.455. The minimum absolute atomic E-state index is 0.00773. The molecule has 1 amide bonds. The molecule has 1 heterocycles. The number of Topliss-reactive ketones (excluding diaryl/α,β-unsaturated/α-hetero) is 1. The number of hydrogen-bond donors (Lipinski definition) is 1. The summed E-state index contributed by atoms with van der Waals surface area (Å²) in [7, 11) is 0. The second kappa shape index (κ2) is 4.14. The number of hydrogen-bond acceptors (Lipinski definition) is 3. The van der Waals surface area contributed by atoms with E-state index in [-0.39, 0.29) is 24.2 Å². The molecule has 2 rings (SSSR count). The zero-order valence-corrected chi connectivity index (χ0v) is 9.34. The van der Waals surface area contributed by atoms with E-state index >= 15 is 0 Å². The SMILES string of the molecule is CC1CC1C(=O)NCC(=O)c1cccs1. The summed E-state index contributed by atoms with van der Waals surface area (Å²) >= 11 is 1.41. The number of carbonyl (C=O) groups excluding carboxylic acids is 2. The molecule has 0 spiro atoms. The monoisotopic (exact) mass is 223 g/mol. The largest absolute Gasteiger partial charge is 0.348 e. The van der Waals surface area contributed by atoms with Gasteiger partial charge in [-0.15, -0.1) is 11.3 Å². The van der Waals surface area contributed by atoms with Crippen LogP contribution in [0.4, 0.5) is 0 Å². The van der Waals surface area contributed by atoms with Crippen LogP contribution in [0.1, 0.15) is 23.0 Å². The van der Waals surface area contributed by atoms with Gasteiger partial charge in [-0.2, -0.15) is 0 Å². The van der Waals surface area contributed by atoms with Crippen LogP contribution >= 0.6 is 11.3 Å². The molecular weight excluding hydrogens is 210 g/mol. The fourth-order valence-corrected chi connectivity index (χ4v) is 2.17. The van der Waals surface area contributed by atoms with E-state index in [9.17, 15) is 9.59 Å². The van der Waals surface area contributed by atoms with Crippen LogP contribution in [0, 0.1) is 11.8 Å². The Kier molecular flexibility index (Phi) is 2.86. The molecule has 1 aromatic heterocycles. The normalized spacial score (nSPS) is 23.5. The van der Waals surface area contributed by atoms with Gasteiger partial charge in [0.2, 0.25) is 5.91 Å². The topological polar surface area (TPSA) is 46.2 Å². The Morgan fingerprint density at radius 2 is 2.33 bits per heavy atom. The Labute approximate surface area is 92.5 Å². The Morgan fingerprint density at radius 3 is 2.87 bits per heavy atom. The zero-order valence-electron chi connectivity index (χ0n) is 8.53. The fourth-order valence-electron chi connectivity index (χ4n) is 1.51. The predicted octanol–water partition coefficient (Wildman–Crippen LogP) is 1.70. The summed E-state index contributed by atoms with van der Waals surface area (Å²) < 4.78 is 0. The van der Waals surface area contributed by atoms with Crippen LogP contribution in [-0.4, -0.2) is 18.2 Å². The van der Waals surface area contributed by atoms with E-state index in [1.165, 1.54) is 11.3 Å². The van der Waals surface area contributed by atoms with Gasteiger partial charge in [-0.1, -0.05) is 13.0 Å². The first kappa shape index (κ1) is 10.4. The lowest BCUT2D eigenvalue weighted by atomic mass is 10.3. The summed E-state index contributed by atoms with van der Waals surface area (Å²) in [6.45, 7) is 2.17. The van der Waals surface area contributed by atoms with E-state index in [1.807, 2.05) is 18.4 Å². The van der Waals surface area contributed by atoms with E-state index in [0.29, 0.717) is 10.8 Å². The average Bonchev–Trinajstić information content (AvgIpc) is 2.75. The Balaban J connectivity index is 1.79. The van der Waals surface area contributed by atoms with Crippen molar-refractivity contribution in [3.63, 3.8) is 0 Å². The highest BCUT2D eigenvalue weighted by molar-refractivity contribution is 7.12. The van der Waals surface area contributed by atoms with E-state index in [0.717, 1.165) is 6.42 Å². The summed E-state index contributed by atoms with van der Waals surface area (Å²) in [6.07, 6.45) is 0.957. The molecule has 1 fully saturated rings. The van der Waals surface area contributed by atoms with Gasteiger partial charge in [-0.05, 0) is 23.8 Å². The summed E-state index contributed by atoms with van der Waals surface area (Å²) in [6, 6.07) is 3.61. The van der Waals surface area contributed by atoms with Crippen LogP contribution < -0.4 is 5.32 Å². The smallest absolute Gasteiger partial charge is 0.223 e. The van der Waals surface area contributed by atoms with E-state index in [2.05, 4.69) is 5.32 Å². The highest BCUT2D eigenvalue weighted by Crippen LogP contribution is 2.37. The molecule has 1 saturated carbocycles. The van der Waals surface area contributed by atoms with Crippen molar-refractivity contribution in [1.29, 1.82) is 0 Å². The van der Waals surface area contributed by atoms with Crippen molar-refractivity contribution in [2.75, 3.05) is 6.54 Å². The van der Waals surface area contributed by atoms with E-state index < -0.39 is 0 Å². The van der Waals surface area contributed by atoms with Crippen molar-refractivity contribution in [1.82, 2.24) is 5.32 Å². The maximum atomic E-state index is 11.5. The van der Waals surface area contributed by atoms with Crippen molar-refractivity contribution in [3.05, 3.63) is 22.4 Å². The summed E-state index contributed by atoms with van der Waals surface area (Å²) in [4.78, 5) is 23.7. The number of thiophene rings is 1. The van der Waals surface area contributed by atoms with Crippen molar-refractivity contribution in [2.24, 2.45) is 11.8 Å². The van der Waals surface area contributed by atoms with Gasteiger partial charge in [0.15, 0.2) is 5.78 Å². The standard InChI is InChI=1S/C11H13NO2S/c1-7-5-8(7)11(14)12-6-9(13)10-3-2-4-15-10/h2-4,7-8H,5-6H2,1H3,(H,12,14). The van der Waals surface area contributed by atoms with Gasteiger partial charge in [0.25, 0.3) is 0 Å². The quantitative estimate of drug-likeness (QED) is 0.790. The molecule has 2 unspecified atom stereocenters. The van der Waals surface area contributed by atoms with Crippen LogP contribution in [0.25, 0.3) is 0 Å². The third-order valence-corrected chi connectivity index (χ3v) is 3.58. The molecule has 1 N–H and O–H groups in total. The zero-order chi connectivity index (χ0) is 10.8. The molecule has 0 bridgehead atoms. The molecule has 3 nitrogen and oxygen atoms in total. The Morgan fingerprint density at radius 1 is 1.60 bits per heavy atom. The Hall–Kier alpha value is -1.16. The first-order valence-electron chi connectivity index (χ1n) is 5.03. The summed E-state index contributed by atoms with van der Waals surface area (Å²) in [5.41, 5.74) is 0. The van der Waals surface area contributed by atoms with E-state index in [1.54, 1.807) is 6.07 Å². The lowest BCUT2D eigenvalue weighted by molar-refractivity contribution is -0.122. The first-order chi connectivity index (χ1) is 7.18. The highest BCUT2D eigenvalue weighted by Gasteiger charge is 2.38. The second-order valence-corrected chi connectivity index (χ2v) is 4.89. The maximum absolute atomic E-state index is 11.5. The number of rotatable bonds is 4. The van der Waals surface area contributed by atoms with Gasteiger partial charge in [0, 0.05) is 5.92 Å². The lowest BCUT2D eigenvalue weighted by Gasteiger charge is -2.01. The molecule has 1 aliphatic rings. The molecule has 0 aromatic carbocycles. The van der Waals surface area contributed by atoms with Crippen molar-refractivity contribution in [2.45, 2.75) is 13.3 Å². The summed E-state index contributed by atoms with van der Waals surface area (Å²) in [5.74, 6) is 0.641. The first-order valence-corrected chi connectivity index (χ1v) is 5.91. The van der Waals surface area contributed by atoms with Crippen LogP contribution in [-0.2, 0) is 4.79 Å². The molecule has 0 radical (unpaired) electrons. The molecule has 0 saturated heterocycles. The minimum Gasteiger partial charge on any atom is -0.348 e. The molecule has 2 atom stereocenters. The average molecular weight is 223 g/mol. The minimum atomic E-state index is -0.00773. The van der Waals surface area contributed by atoms with Crippen LogP contribution in [0.2, 0.25) is 0 Å². The highest BCUT2D eigenvalue weighted by atomic mass is 32.1. The lowest BCUT2D eigenvalue weighted by Crippen LogP contribution is -2.30. The summed E-state index contributed by atoms with van der Waals surface area (Å²) in [5, 5.41) is 4.54. The molecule has 0 aliphatic heterocycles.